The second-order valence-electron chi connectivity index (χ2n) is 7.87. The van der Waals surface area contributed by atoms with Crippen LogP contribution in [0.2, 0.25) is 0 Å². The molecule has 0 radical (unpaired) electrons. The minimum absolute atomic E-state index is 0.0584. The fourth-order valence-corrected chi connectivity index (χ4v) is 5.00. The average Bonchev–Trinajstić information content (AvgIpc) is 3.05. The van der Waals surface area contributed by atoms with Crippen LogP contribution in [0.15, 0.2) is 67.7 Å². The monoisotopic (exact) mass is 573 g/mol. The first kappa shape index (κ1) is 24.3. The van der Waals surface area contributed by atoms with Crippen LogP contribution in [0.5, 0.6) is 5.75 Å². The number of anilines is 1. The van der Waals surface area contributed by atoms with Crippen LogP contribution in [0.3, 0.4) is 0 Å². The molecule has 2 heterocycles. The van der Waals surface area contributed by atoms with E-state index in [1.807, 2.05) is 39.0 Å². The average molecular weight is 573 g/mol. The number of nitrogens with zero attached hydrogens (tertiary/aromatic N) is 3. The van der Waals surface area contributed by atoms with Gasteiger partial charge in [-0.05, 0) is 6.92 Å². The van der Waals surface area contributed by atoms with Gasteiger partial charge in [-0.1, -0.05) is 0 Å². The van der Waals surface area contributed by atoms with E-state index in [2.05, 4.69) is 28.6 Å². The summed E-state index contributed by atoms with van der Waals surface area (Å²) in [5.74, 6) is 1.08. The van der Waals surface area contributed by atoms with Crippen LogP contribution >= 0.6 is 0 Å². The molecule has 2 aromatic carbocycles. The van der Waals surface area contributed by atoms with Gasteiger partial charge >= 0.3 is 192 Å². The van der Waals surface area contributed by atoms with Crippen molar-refractivity contribution in [3.8, 4) is 16.9 Å². The van der Waals surface area contributed by atoms with Gasteiger partial charge in [0.05, 0.1) is 0 Å². The number of nitrogens with one attached hydrogen (secondary N) is 1. The van der Waals surface area contributed by atoms with Crippen LogP contribution in [-0.2, 0) is 4.74 Å². The van der Waals surface area contributed by atoms with Crippen LogP contribution in [-0.4, -0.2) is 41.5 Å². The first-order chi connectivity index (χ1) is 16.5. The van der Waals surface area contributed by atoms with Crippen LogP contribution in [0.1, 0.15) is 20.8 Å². The maximum atomic E-state index is 13.5. The molecule has 1 unspecified atom stereocenters. The van der Waals surface area contributed by atoms with E-state index in [0.717, 1.165) is 22.2 Å². The molecule has 1 aliphatic heterocycles. The van der Waals surface area contributed by atoms with E-state index in [4.69, 9.17) is 9.47 Å². The molecule has 1 aromatic heterocycles. The molecule has 178 valence electrons. The molecule has 0 spiro atoms. The summed E-state index contributed by atoms with van der Waals surface area (Å²) in [4.78, 5) is 9.03. The minimum atomic E-state index is -0.342. The summed E-state index contributed by atoms with van der Waals surface area (Å²) in [5, 5.41) is 4.29. The zero-order valence-electron chi connectivity index (χ0n) is 19.4. The molecule has 0 amide bonds. The van der Waals surface area contributed by atoms with Crippen molar-refractivity contribution in [2.24, 2.45) is 3.21 Å². The fraction of sp³-hybridized carbons (Fsp3) is 0.269. The molecule has 4 rings (SSSR count). The van der Waals surface area contributed by atoms with Crippen molar-refractivity contribution < 1.29 is 35.3 Å². The summed E-state index contributed by atoms with van der Waals surface area (Å²) in [7, 11) is 0. The molecule has 0 fully saturated rings. The van der Waals surface area contributed by atoms with Gasteiger partial charge in [-0.3, -0.25) is 0 Å². The third kappa shape index (κ3) is 6.18. The molecule has 0 saturated carbocycles. The summed E-state index contributed by atoms with van der Waals surface area (Å²) in [5.41, 5.74) is 4.72. The predicted molar refractivity (Wildman–Crippen MR) is 130 cm³/mol. The number of rotatable bonds is 9. The predicted octanol–water partition coefficient (Wildman–Crippen LogP) is 2.57. The number of hydrogen-bond donors (Lipinski definition) is 1. The Balaban J connectivity index is 1.69. The van der Waals surface area contributed by atoms with Crippen molar-refractivity contribution in [1.29, 1.82) is 0 Å². The van der Waals surface area contributed by atoms with Gasteiger partial charge in [-0.2, -0.15) is 0 Å². The van der Waals surface area contributed by atoms with Crippen molar-refractivity contribution in [3.05, 3.63) is 70.4 Å². The van der Waals surface area contributed by atoms with Crippen molar-refractivity contribution in [1.82, 2.24) is 9.97 Å². The summed E-state index contributed by atoms with van der Waals surface area (Å²) in [6, 6.07) is 10.4. The molecule has 0 bridgehead atoms. The first-order valence-electron chi connectivity index (χ1n) is 11.1. The third-order valence-electron chi connectivity index (χ3n) is 5.18. The van der Waals surface area contributed by atoms with E-state index in [9.17, 15) is 4.39 Å². The van der Waals surface area contributed by atoms with E-state index in [-0.39, 0.29) is 33.4 Å². The molecular formula is C26H27FIN4O2-. The van der Waals surface area contributed by atoms with Gasteiger partial charge in [0, 0.05) is 6.61 Å². The van der Waals surface area contributed by atoms with Crippen LogP contribution < -0.4 is 31.5 Å². The fourth-order valence-electron chi connectivity index (χ4n) is 3.47. The number of benzene rings is 2. The Morgan fingerprint density at radius 2 is 1.91 bits per heavy atom. The molecule has 3 aromatic rings. The molecule has 0 aliphatic carbocycles. The number of ether oxygens (including phenoxy) is 2. The first-order valence-corrected chi connectivity index (χ1v) is 13.3. The topological polar surface area (TPSA) is 68.6 Å². The maximum absolute atomic E-state index is 13.5. The summed E-state index contributed by atoms with van der Waals surface area (Å²) < 4.78 is 32.0. The standard InChI is InChI=1S/C26H27FIN4O2/c1-4-33-18(3)15-34-24-12-21(20-7-9-22(27)10-8-20)11-23-25(24)30-16-31-26(23)29-14-19-6-5-17(2)32-28-13-19/h5-13,16,18H,4,14-15H2,1-3H3,(H,29,30,31)/q-1. The normalized spacial score (nSPS) is 14.6. The Bertz CT molecular complexity index is 1240. The molecule has 0 saturated heterocycles. The van der Waals surface area contributed by atoms with Gasteiger partial charge in [0.25, 0.3) is 0 Å². The Morgan fingerprint density at radius 1 is 1.09 bits per heavy atom. The molecule has 34 heavy (non-hydrogen) atoms. The van der Waals surface area contributed by atoms with Crippen molar-refractivity contribution >= 4 is 22.4 Å². The van der Waals surface area contributed by atoms with Gasteiger partial charge < -0.3 is 0 Å². The van der Waals surface area contributed by atoms with Gasteiger partial charge in [-0.25, -0.2) is 4.39 Å². The van der Waals surface area contributed by atoms with Crippen LogP contribution in [0.4, 0.5) is 10.2 Å². The summed E-state index contributed by atoms with van der Waals surface area (Å²) in [6.07, 6.45) is 5.61. The van der Waals surface area contributed by atoms with E-state index < -0.39 is 0 Å². The van der Waals surface area contributed by atoms with E-state index in [1.165, 1.54) is 17.7 Å². The zero-order valence-corrected chi connectivity index (χ0v) is 21.5. The van der Waals surface area contributed by atoms with E-state index in [0.29, 0.717) is 36.8 Å². The second kappa shape index (κ2) is 11.5. The van der Waals surface area contributed by atoms with Crippen LogP contribution in [0.25, 0.3) is 22.0 Å². The Morgan fingerprint density at radius 3 is 2.71 bits per heavy atom. The molecule has 6 nitrogen and oxygen atoms in total. The van der Waals surface area contributed by atoms with Gasteiger partial charge in [0.2, 0.25) is 0 Å². The third-order valence-corrected chi connectivity index (χ3v) is 7.29. The van der Waals surface area contributed by atoms with Crippen molar-refractivity contribution in [2.75, 3.05) is 25.1 Å². The summed E-state index contributed by atoms with van der Waals surface area (Å²) >= 11 is -0.342. The van der Waals surface area contributed by atoms with Gasteiger partial charge in [0.15, 0.2) is 0 Å². The Hall–Kier alpha value is -2.85. The molecule has 1 aliphatic rings. The van der Waals surface area contributed by atoms with Crippen molar-refractivity contribution in [2.45, 2.75) is 26.9 Å². The SMILES string of the molecule is CCOC(C)COc1cc(-c2ccc(F)cc2)cc2c(NCC3=C[I-]N=C(C)C=C3)ncnc12. The quantitative estimate of drug-likeness (QED) is 0.399. The van der Waals surface area contributed by atoms with Crippen LogP contribution in [0, 0.1) is 5.82 Å². The Kier molecular flexibility index (Phi) is 8.23. The number of aromatic nitrogens is 2. The molecule has 8 heteroatoms. The van der Waals surface area contributed by atoms with Gasteiger partial charge in [0.1, 0.15) is 0 Å². The van der Waals surface area contributed by atoms with Gasteiger partial charge in [-0.15, -0.1) is 0 Å². The number of allylic oxidation sites excluding steroid dienone is 1. The number of halogens is 2. The zero-order chi connectivity index (χ0) is 23.9. The summed E-state index contributed by atoms with van der Waals surface area (Å²) in [6.45, 7) is 7.59. The second-order valence-corrected chi connectivity index (χ2v) is 9.53. The molecule has 1 atom stereocenters. The molecule has 1 N–H and O–H groups in total. The number of fused-ring (bicyclic) bond motifs is 1. The van der Waals surface area contributed by atoms with Crippen molar-refractivity contribution in [3.63, 3.8) is 0 Å². The Labute approximate surface area is 209 Å². The van der Waals surface area contributed by atoms with E-state index in [1.54, 1.807) is 18.5 Å². The van der Waals surface area contributed by atoms with E-state index >= 15 is 0 Å². The molecular weight excluding hydrogens is 546 g/mol. The number of hydrogen-bond acceptors (Lipinski definition) is 6.